The zero-order valence-corrected chi connectivity index (χ0v) is 9.66. The van der Waals surface area contributed by atoms with Crippen LogP contribution in [0.2, 0.25) is 0 Å². The molecule has 16 heavy (non-hydrogen) atoms. The maximum absolute atomic E-state index is 11.0. The lowest BCUT2D eigenvalue weighted by molar-refractivity contribution is -0.114. The van der Waals surface area contributed by atoms with Crippen LogP contribution in [0.4, 0.5) is 11.4 Å². The highest BCUT2D eigenvalue weighted by Crippen LogP contribution is 2.28. The molecule has 0 atom stereocenters. The van der Waals surface area contributed by atoms with Gasteiger partial charge in [0.15, 0.2) is 0 Å². The second-order valence-electron chi connectivity index (χ2n) is 4.01. The summed E-state index contributed by atoms with van der Waals surface area (Å²) in [5.41, 5.74) is 2.97. The number of benzene rings is 1. The molecule has 1 aromatic carbocycles. The second-order valence-corrected chi connectivity index (χ2v) is 4.01. The number of anilines is 2. The van der Waals surface area contributed by atoms with Crippen molar-refractivity contribution in [2.45, 2.75) is 6.92 Å². The van der Waals surface area contributed by atoms with Gasteiger partial charge in [-0.3, -0.25) is 4.79 Å². The first-order chi connectivity index (χ1) is 7.58. The predicted molar refractivity (Wildman–Crippen MR) is 66.9 cm³/mol. The third-order valence-corrected chi connectivity index (χ3v) is 2.44. The highest BCUT2D eigenvalue weighted by molar-refractivity contribution is 5.98. The van der Waals surface area contributed by atoms with E-state index < -0.39 is 0 Å². The fourth-order valence-electron chi connectivity index (χ4n) is 1.78. The number of fused-ring (bicyclic) bond motifs is 1. The van der Waals surface area contributed by atoms with E-state index in [2.05, 4.69) is 10.3 Å². The molecule has 84 valence electrons. The average molecular weight is 217 g/mol. The molecule has 0 bridgehead atoms. The molecule has 0 aliphatic heterocycles. The molecule has 0 radical (unpaired) electrons. The predicted octanol–water partition coefficient (Wildman–Crippen LogP) is 2.19. The SMILES string of the molecule is CC(=O)Nc1cc(N(C)C)c2[nH]ccc2c1. The Morgan fingerprint density at radius 1 is 1.38 bits per heavy atom. The summed E-state index contributed by atoms with van der Waals surface area (Å²) in [5.74, 6) is -0.0559. The van der Waals surface area contributed by atoms with Crippen molar-refractivity contribution < 1.29 is 4.79 Å². The molecule has 0 aliphatic carbocycles. The van der Waals surface area contributed by atoms with Crippen molar-refractivity contribution in [3.05, 3.63) is 24.4 Å². The van der Waals surface area contributed by atoms with Gasteiger partial charge in [-0.05, 0) is 18.2 Å². The summed E-state index contributed by atoms with van der Waals surface area (Å²) < 4.78 is 0. The topological polar surface area (TPSA) is 48.1 Å². The van der Waals surface area contributed by atoms with E-state index in [4.69, 9.17) is 0 Å². The summed E-state index contributed by atoms with van der Waals surface area (Å²) in [5, 5.41) is 3.90. The first-order valence-corrected chi connectivity index (χ1v) is 5.14. The van der Waals surface area contributed by atoms with Gasteiger partial charge in [0.2, 0.25) is 5.91 Å². The molecule has 0 aliphatic rings. The zero-order valence-electron chi connectivity index (χ0n) is 9.66. The second kappa shape index (κ2) is 3.89. The number of carbonyl (C=O) groups excluding carboxylic acids is 1. The molecule has 4 heteroatoms. The van der Waals surface area contributed by atoms with Gasteiger partial charge in [-0.2, -0.15) is 0 Å². The molecule has 2 rings (SSSR count). The molecule has 2 aromatic rings. The van der Waals surface area contributed by atoms with Gasteiger partial charge in [-0.1, -0.05) is 0 Å². The lowest BCUT2D eigenvalue weighted by Gasteiger charge is -2.15. The summed E-state index contributed by atoms with van der Waals surface area (Å²) in [6.45, 7) is 1.51. The van der Waals surface area contributed by atoms with Gasteiger partial charge in [0, 0.05) is 38.3 Å². The number of nitrogens with zero attached hydrogens (tertiary/aromatic N) is 1. The Labute approximate surface area is 94.3 Å². The lowest BCUT2D eigenvalue weighted by Crippen LogP contribution is -2.11. The maximum Gasteiger partial charge on any atom is 0.221 e. The minimum atomic E-state index is -0.0559. The minimum absolute atomic E-state index is 0.0559. The Bertz CT molecular complexity index is 528. The van der Waals surface area contributed by atoms with E-state index in [1.807, 2.05) is 43.4 Å². The van der Waals surface area contributed by atoms with E-state index in [-0.39, 0.29) is 5.91 Å². The molecule has 0 saturated heterocycles. The van der Waals surface area contributed by atoms with Gasteiger partial charge >= 0.3 is 0 Å². The number of carbonyl (C=O) groups is 1. The molecular weight excluding hydrogens is 202 g/mol. The van der Waals surface area contributed by atoms with Crippen molar-refractivity contribution >= 4 is 28.2 Å². The number of amides is 1. The van der Waals surface area contributed by atoms with Gasteiger partial charge in [0.05, 0.1) is 11.2 Å². The normalized spacial score (nSPS) is 10.4. The number of H-pyrrole nitrogens is 1. The maximum atomic E-state index is 11.0. The fraction of sp³-hybridized carbons (Fsp3) is 0.250. The standard InChI is InChI=1S/C12H15N3O/c1-8(16)14-10-6-9-4-5-13-12(9)11(7-10)15(2)3/h4-7,13H,1-3H3,(H,14,16). The number of hydrogen-bond donors (Lipinski definition) is 2. The van der Waals surface area contributed by atoms with Crippen LogP contribution in [0.15, 0.2) is 24.4 Å². The number of nitrogens with one attached hydrogen (secondary N) is 2. The van der Waals surface area contributed by atoms with E-state index in [0.29, 0.717) is 0 Å². The number of rotatable bonds is 2. The smallest absolute Gasteiger partial charge is 0.221 e. The monoisotopic (exact) mass is 217 g/mol. The van der Waals surface area contributed by atoms with Crippen LogP contribution < -0.4 is 10.2 Å². The fourth-order valence-corrected chi connectivity index (χ4v) is 1.78. The highest BCUT2D eigenvalue weighted by atomic mass is 16.1. The van der Waals surface area contributed by atoms with Crippen LogP contribution in [-0.4, -0.2) is 25.0 Å². The Balaban J connectivity index is 2.57. The molecule has 2 N–H and O–H groups in total. The Morgan fingerprint density at radius 3 is 2.75 bits per heavy atom. The summed E-state index contributed by atoms with van der Waals surface area (Å²) in [4.78, 5) is 16.2. The molecule has 0 unspecified atom stereocenters. The van der Waals surface area contributed by atoms with Crippen molar-refractivity contribution in [3.63, 3.8) is 0 Å². The van der Waals surface area contributed by atoms with Gasteiger partial charge in [0.1, 0.15) is 0 Å². The van der Waals surface area contributed by atoms with E-state index in [9.17, 15) is 4.79 Å². The quantitative estimate of drug-likeness (QED) is 0.810. The number of aromatic amines is 1. The van der Waals surface area contributed by atoms with E-state index in [1.165, 1.54) is 6.92 Å². The van der Waals surface area contributed by atoms with Crippen LogP contribution in [0.25, 0.3) is 10.9 Å². The van der Waals surface area contributed by atoms with E-state index in [1.54, 1.807) is 0 Å². The largest absolute Gasteiger partial charge is 0.376 e. The third kappa shape index (κ3) is 1.86. The van der Waals surface area contributed by atoms with Crippen molar-refractivity contribution in [1.82, 2.24) is 4.98 Å². The van der Waals surface area contributed by atoms with Crippen molar-refractivity contribution in [2.75, 3.05) is 24.3 Å². The number of hydrogen-bond acceptors (Lipinski definition) is 2. The number of aromatic nitrogens is 1. The van der Waals surface area contributed by atoms with Crippen molar-refractivity contribution in [2.24, 2.45) is 0 Å². The molecular formula is C12H15N3O. The molecule has 4 nitrogen and oxygen atoms in total. The molecule has 1 amide bonds. The summed E-state index contributed by atoms with van der Waals surface area (Å²) >= 11 is 0. The first-order valence-electron chi connectivity index (χ1n) is 5.14. The van der Waals surface area contributed by atoms with Gasteiger partial charge in [-0.15, -0.1) is 0 Å². The van der Waals surface area contributed by atoms with Crippen LogP contribution in [0.3, 0.4) is 0 Å². The average Bonchev–Trinajstić information content (AvgIpc) is 2.62. The minimum Gasteiger partial charge on any atom is -0.376 e. The summed E-state index contributed by atoms with van der Waals surface area (Å²) in [7, 11) is 3.96. The van der Waals surface area contributed by atoms with E-state index >= 15 is 0 Å². The summed E-state index contributed by atoms with van der Waals surface area (Å²) in [6.07, 6.45) is 1.90. The first kappa shape index (κ1) is 10.5. The summed E-state index contributed by atoms with van der Waals surface area (Å²) in [6, 6.07) is 5.91. The Morgan fingerprint density at radius 2 is 2.12 bits per heavy atom. The van der Waals surface area contributed by atoms with Crippen LogP contribution in [0, 0.1) is 0 Å². The molecule has 0 fully saturated rings. The molecule has 0 spiro atoms. The van der Waals surface area contributed by atoms with Gasteiger partial charge in [0.25, 0.3) is 0 Å². The van der Waals surface area contributed by atoms with Crippen LogP contribution >= 0.6 is 0 Å². The third-order valence-electron chi connectivity index (χ3n) is 2.44. The van der Waals surface area contributed by atoms with Crippen LogP contribution in [0.5, 0.6) is 0 Å². The van der Waals surface area contributed by atoms with Crippen LogP contribution in [0.1, 0.15) is 6.92 Å². The molecule has 1 heterocycles. The van der Waals surface area contributed by atoms with Crippen molar-refractivity contribution in [1.29, 1.82) is 0 Å². The Kier molecular flexibility index (Phi) is 2.56. The Hall–Kier alpha value is -1.97. The molecule has 0 saturated carbocycles. The zero-order chi connectivity index (χ0) is 11.7. The van der Waals surface area contributed by atoms with Gasteiger partial charge < -0.3 is 15.2 Å². The lowest BCUT2D eigenvalue weighted by atomic mass is 10.2. The van der Waals surface area contributed by atoms with Gasteiger partial charge in [-0.25, -0.2) is 0 Å². The van der Waals surface area contributed by atoms with Crippen LogP contribution in [-0.2, 0) is 4.79 Å². The molecule has 1 aromatic heterocycles. The van der Waals surface area contributed by atoms with Crippen molar-refractivity contribution in [3.8, 4) is 0 Å². The van der Waals surface area contributed by atoms with E-state index in [0.717, 1.165) is 22.3 Å². The highest BCUT2D eigenvalue weighted by Gasteiger charge is 2.07.